The van der Waals surface area contributed by atoms with Crippen LogP contribution in [0.1, 0.15) is 0 Å². The van der Waals surface area contributed by atoms with Gasteiger partial charge in [0.05, 0.1) is 37.6 Å². The van der Waals surface area contributed by atoms with E-state index in [-0.39, 0.29) is 0 Å². The van der Waals surface area contributed by atoms with Crippen molar-refractivity contribution in [2.45, 2.75) is 0 Å². The molecule has 2 saturated heterocycles. The molecule has 0 amide bonds. The second-order valence-corrected chi connectivity index (χ2v) is 4.41. The van der Waals surface area contributed by atoms with Crippen LogP contribution in [0, 0.1) is 5.41 Å². The fourth-order valence-electron chi connectivity index (χ4n) is 2.20. The van der Waals surface area contributed by atoms with Crippen molar-refractivity contribution in [3.05, 3.63) is 18.3 Å². The molecule has 0 saturated carbocycles. The lowest BCUT2D eigenvalue weighted by molar-refractivity contribution is -0.127. The first-order valence-electron chi connectivity index (χ1n) is 5.14. The zero-order valence-corrected chi connectivity index (χ0v) is 8.77. The van der Waals surface area contributed by atoms with Gasteiger partial charge in [-0.15, -0.1) is 0 Å². The van der Waals surface area contributed by atoms with Gasteiger partial charge in [0, 0.05) is 19.2 Å². The highest BCUT2D eigenvalue weighted by molar-refractivity contribution is 5.49. The van der Waals surface area contributed by atoms with Crippen molar-refractivity contribution >= 4 is 5.69 Å². The number of aromatic nitrogens is 1. The molecule has 2 aliphatic heterocycles. The molecule has 2 fully saturated rings. The molecule has 0 aromatic carbocycles. The summed E-state index contributed by atoms with van der Waals surface area (Å²) in [5.74, 6) is 0.668. The van der Waals surface area contributed by atoms with Gasteiger partial charge < -0.3 is 14.4 Å². The van der Waals surface area contributed by atoms with Crippen LogP contribution in [0.5, 0.6) is 5.88 Å². The van der Waals surface area contributed by atoms with E-state index in [1.165, 1.54) is 5.69 Å². The van der Waals surface area contributed by atoms with E-state index in [4.69, 9.17) is 9.47 Å². The Morgan fingerprint density at radius 3 is 2.67 bits per heavy atom. The van der Waals surface area contributed by atoms with Crippen LogP contribution in [0.15, 0.2) is 18.3 Å². The second kappa shape index (κ2) is 3.10. The van der Waals surface area contributed by atoms with E-state index in [0.717, 1.165) is 26.3 Å². The molecular weight excluding hydrogens is 192 g/mol. The van der Waals surface area contributed by atoms with E-state index < -0.39 is 0 Å². The number of rotatable bonds is 2. The van der Waals surface area contributed by atoms with Crippen LogP contribution in [0.3, 0.4) is 0 Å². The lowest BCUT2D eigenvalue weighted by Gasteiger charge is -2.55. The molecule has 4 nitrogen and oxygen atoms in total. The zero-order valence-electron chi connectivity index (χ0n) is 8.77. The summed E-state index contributed by atoms with van der Waals surface area (Å²) in [4.78, 5) is 6.52. The average molecular weight is 206 g/mol. The topological polar surface area (TPSA) is 34.6 Å². The van der Waals surface area contributed by atoms with Gasteiger partial charge in [-0.1, -0.05) is 0 Å². The van der Waals surface area contributed by atoms with Crippen LogP contribution in [-0.4, -0.2) is 38.4 Å². The van der Waals surface area contributed by atoms with Crippen molar-refractivity contribution in [1.29, 1.82) is 0 Å². The Morgan fingerprint density at radius 1 is 1.40 bits per heavy atom. The van der Waals surface area contributed by atoms with E-state index in [2.05, 4.69) is 16.0 Å². The molecule has 3 rings (SSSR count). The maximum atomic E-state index is 5.24. The third kappa shape index (κ3) is 1.36. The van der Waals surface area contributed by atoms with Crippen molar-refractivity contribution in [3.63, 3.8) is 0 Å². The van der Waals surface area contributed by atoms with Crippen LogP contribution in [0.25, 0.3) is 0 Å². The molecule has 80 valence electrons. The van der Waals surface area contributed by atoms with Crippen molar-refractivity contribution in [2.75, 3.05) is 38.3 Å². The van der Waals surface area contributed by atoms with Gasteiger partial charge in [-0.05, 0) is 6.07 Å². The molecule has 0 atom stereocenters. The van der Waals surface area contributed by atoms with Crippen molar-refractivity contribution in [3.8, 4) is 5.88 Å². The highest BCUT2D eigenvalue weighted by Gasteiger charge is 2.49. The molecule has 3 heterocycles. The SMILES string of the molecule is COc1ccc(N2CC3(COC3)C2)cn1. The quantitative estimate of drug-likeness (QED) is 0.721. The highest BCUT2D eigenvalue weighted by Crippen LogP contribution is 2.39. The zero-order chi connectivity index (χ0) is 10.3. The van der Waals surface area contributed by atoms with E-state index >= 15 is 0 Å². The first-order chi connectivity index (χ1) is 7.31. The summed E-state index contributed by atoms with van der Waals surface area (Å²) < 4.78 is 10.3. The van der Waals surface area contributed by atoms with Gasteiger partial charge in [0.25, 0.3) is 0 Å². The average Bonchev–Trinajstić information content (AvgIpc) is 2.14. The fourth-order valence-corrected chi connectivity index (χ4v) is 2.20. The molecular formula is C11H14N2O2. The number of hydrogen-bond acceptors (Lipinski definition) is 4. The molecule has 1 aromatic heterocycles. The highest BCUT2D eigenvalue weighted by atomic mass is 16.5. The maximum Gasteiger partial charge on any atom is 0.213 e. The van der Waals surface area contributed by atoms with E-state index in [1.807, 2.05) is 12.3 Å². The third-order valence-corrected chi connectivity index (χ3v) is 3.16. The molecule has 0 N–H and O–H groups in total. The summed E-state index contributed by atoms with van der Waals surface area (Å²) >= 11 is 0. The van der Waals surface area contributed by atoms with Crippen LogP contribution in [0.4, 0.5) is 5.69 Å². The van der Waals surface area contributed by atoms with Crippen LogP contribution < -0.4 is 9.64 Å². The molecule has 1 spiro atoms. The van der Waals surface area contributed by atoms with Gasteiger partial charge in [0.2, 0.25) is 5.88 Å². The largest absolute Gasteiger partial charge is 0.481 e. The lowest BCUT2D eigenvalue weighted by atomic mass is 9.78. The molecule has 0 bridgehead atoms. The summed E-state index contributed by atoms with van der Waals surface area (Å²) in [7, 11) is 1.63. The van der Waals surface area contributed by atoms with Gasteiger partial charge >= 0.3 is 0 Å². The summed E-state index contributed by atoms with van der Waals surface area (Å²) in [6, 6.07) is 3.95. The van der Waals surface area contributed by atoms with Gasteiger partial charge in [0.15, 0.2) is 0 Å². The number of anilines is 1. The van der Waals surface area contributed by atoms with E-state index in [9.17, 15) is 0 Å². The van der Waals surface area contributed by atoms with Gasteiger partial charge in [-0.3, -0.25) is 0 Å². The van der Waals surface area contributed by atoms with Gasteiger partial charge in [0.1, 0.15) is 0 Å². The Kier molecular flexibility index (Phi) is 1.85. The second-order valence-electron chi connectivity index (χ2n) is 4.41. The van der Waals surface area contributed by atoms with Crippen LogP contribution in [0.2, 0.25) is 0 Å². The monoisotopic (exact) mass is 206 g/mol. The Balaban J connectivity index is 1.67. The normalized spacial score (nSPS) is 22.1. The first kappa shape index (κ1) is 8.97. The van der Waals surface area contributed by atoms with E-state index in [1.54, 1.807) is 7.11 Å². The molecule has 0 unspecified atom stereocenters. The molecule has 2 aliphatic rings. The summed E-state index contributed by atoms with van der Waals surface area (Å²) in [6.07, 6.45) is 1.87. The Labute approximate surface area is 88.8 Å². The predicted molar refractivity (Wildman–Crippen MR) is 56.3 cm³/mol. The molecule has 4 heteroatoms. The Hall–Kier alpha value is -1.29. The number of nitrogens with zero attached hydrogens (tertiary/aromatic N) is 2. The smallest absolute Gasteiger partial charge is 0.213 e. The number of hydrogen-bond donors (Lipinski definition) is 0. The van der Waals surface area contributed by atoms with Crippen LogP contribution in [-0.2, 0) is 4.74 Å². The Bertz CT molecular complexity index is 351. The molecule has 1 aromatic rings. The van der Waals surface area contributed by atoms with E-state index in [0.29, 0.717) is 11.3 Å². The molecule has 0 radical (unpaired) electrons. The third-order valence-electron chi connectivity index (χ3n) is 3.16. The predicted octanol–water partition coefficient (Wildman–Crippen LogP) is 0.927. The summed E-state index contributed by atoms with van der Waals surface area (Å²) in [6.45, 7) is 4.04. The summed E-state index contributed by atoms with van der Waals surface area (Å²) in [5, 5.41) is 0. The summed E-state index contributed by atoms with van der Waals surface area (Å²) in [5.41, 5.74) is 1.63. The molecule has 0 aliphatic carbocycles. The van der Waals surface area contributed by atoms with Crippen LogP contribution >= 0.6 is 0 Å². The Morgan fingerprint density at radius 2 is 2.20 bits per heavy atom. The number of methoxy groups -OCH3 is 1. The van der Waals surface area contributed by atoms with Crippen molar-refractivity contribution in [2.24, 2.45) is 5.41 Å². The van der Waals surface area contributed by atoms with Gasteiger partial charge in [-0.25, -0.2) is 4.98 Å². The number of pyridine rings is 1. The minimum absolute atomic E-state index is 0.458. The fraction of sp³-hybridized carbons (Fsp3) is 0.545. The standard InChI is InChI=1S/C11H14N2O2/c1-14-10-3-2-9(4-12-10)13-5-11(6-13)7-15-8-11/h2-4H,5-8H2,1H3. The first-order valence-corrected chi connectivity index (χ1v) is 5.14. The minimum Gasteiger partial charge on any atom is -0.481 e. The maximum absolute atomic E-state index is 5.24. The minimum atomic E-state index is 0.458. The molecule has 15 heavy (non-hydrogen) atoms. The van der Waals surface area contributed by atoms with Gasteiger partial charge in [-0.2, -0.15) is 0 Å². The van der Waals surface area contributed by atoms with Crippen molar-refractivity contribution in [1.82, 2.24) is 4.98 Å². The number of ether oxygens (including phenoxy) is 2. The van der Waals surface area contributed by atoms with Crippen molar-refractivity contribution < 1.29 is 9.47 Å². The lowest BCUT2D eigenvalue weighted by Crippen LogP contribution is -2.66.